The molecular weight excluding hydrogens is 463 g/mol. The minimum Gasteiger partial charge on any atom is -0.449 e. The van der Waals surface area contributed by atoms with E-state index in [1.807, 2.05) is 48.5 Å². The number of nitrogens with one attached hydrogen (secondary N) is 1. The van der Waals surface area contributed by atoms with Crippen LogP contribution in [0.5, 0.6) is 5.75 Å². The first-order chi connectivity index (χ1) is 16.3. The van der Waals surface area contributed by atoms with E-state index in [2.05, 4.69) is 19.5 Å². The van der Waals surface area contributed by atoms with E-state index in [0.29, 0.717) is 5.56 Å². The Balaban J connectivity index is 1.46. The van der Waals surface area contributed by atoms with Gasteiger partial charge in [0.05, 0.1) is 0 Å². The Hall–Kier alpha value is -4.08. The number of carbonyl (C=O) groups excluding carboxylic acids is 1. The molecule has 0 fully saturated rings. The predicted octanol–water partition coefficient (Wildman–Crippen LogP) is 5.57. The van der Waals surface area contributed by atoms with Crippen LogP contribution in [0.25, 0.3) is 21.6 Å². The third kappa shape index (κ3) is 4.95. The minimum absolute atomic E-state index is 0.00362. The molecule has 0 heterocycles. The molecule has 3 aromatic carbocycles. The number of nitrogens with zero attached hydrogens (tertiary/aromatic N) is 3. The highest BCUT2D eigenvalue weighted by Gasteiger charge is 2.29. The third-order valence-corrected chi connectivity index (χ3v) is 5.95. The van der Waals surface area contributed by atoms with Crippen molar-refractivity contribution in [2.24, 2.45) is 5.11 Å². The zero-order valence-corrected chi connectivity index (χ0v) is 18.8. The fraction of sp³-hybridized carbons (Fsp3) is 0.174. The van der Waals surface area contributed by atoms with Gasteiger partial charge in [-0.1, -0.05) is 57.5 Å². The van der Waals surface area contributed by atoms with Gasteiger partial charge in [0.1, 0.15) is 12.4 Å². The number of amides is 1. The summed E-state index contributed by atoms with van der Waals surface area (Å²) in [5.74, 6) is -0.459. The van der Waals surface area contributed by atoms with E-state index in [0.717, 1.165) is 28.3 Å². The topological polar surface area (TPSA) is 130 Å². The van der Waals surface area contributed by atoms with Gasteiger partial charge in [-0.15, -0.1) is 0 Å². The van der Waals surface area contributed by atoms with Gasteiger partial charge < -0.3 is 14.2 Å². The minimum atomic E-state index is -5.29. The SMILES string of the molecule is Cc1c(CNC(=O)OCC2c3ccccc3-c3ccccc32)cc(N=[N+]=[N-])cc1OS(=O)(=O)F. The number of rotatable bonds is 7. The average Bonchev–Trinajstić information content (AvgIpc) is 3.12. The summed E-state index contributed by atoms with van der Waals surface area (Å²) < 4.78 is 44.6. The Labute approximate surface area is 195 Å². The largest absolute Gasteiger partial charge is 0.488 e. The van der Waals surface area contributed by atoms with Crippen molar-refractivity contribution in [2.75, 3.05) is 6.61 Å². The van der Waals surface area contributed by atoms with Crippen molar-refractivity contribution < 1.29 is 26.0 Å². The maximum absolute atomic E-state index is 13.0. The lowest BCUT2D eigenvalue weighted by molar-refractivity contribution is 0.142. The van der Waals surface area contributed by atoms with E-state index < -0.39 is 16.6 Å². The van der Waals surface area contributed by atoms with Crippen LogP contribution in [-0.4, -0.2) is 21.1 Å². The van der Waals surface area contributed by atoms with Gasteiger partial charge >= 0.3 is 16.6 Å². The molecule has 4 rings (SSSR count). The first-order valence-corrected chi connectivity index (χ1v) is 11.5. The predicted molar refractivity (Wildman–Crippen MR) is 123 cm³/mol. The highest BCUT2D eigenvalue weighted by molar-refractivity contribution is 7.81. The summed E-state index contributed by atoms with van der Waals surface area (Å²) in [6.07, 6.45) is -0.698. The molecule has 1 aliphatic rings. The monoisotopic (exact) mass is 482 g/mol. The molecule has 0 spiro atoms. The van der Waals surface area contributed by atoms with Crippen LogP contribution < -0.4 is 9.50 Å². The number of halogens is 1. The highest BCUT2D eigenvalue weighted by Crippen LogP contribution is 2.44. The van der Waals surface area contributed by atoms with E-state index in [-0.39, 0.29) is 36.1 Å². The van der Waals surface area contributed by atoms with Crippen LogP contribution in [0.3, 0.4) is 0 Å². The van der Waals surface area contributed by atoms with Gasteiger partial charge in [-0.05, 0) is 58.0 Å². The fourth-order valence-electron chi connectivity index (χ4n) is 4.03. The maximum atomic E-state index is 13.0. The van der Waals surface area contributed by atoms with Gasteiger partial charge in [-0.3, -0.25) is 0 Å². The molecule has 0 unspecified atom stereocenters. The van der Waals surface area contributed by atoms with E-state index in [4.69, 9.17) is 10.3 Å². The number of ether oxygens (including phenoxy) is 1. The number of carbonyl (C=O) groups is 1. The molecule has 174 valence electrons. The quantitative estimate of drug-likeness (QED) is 0.204. The Morgan fingerprint density at radius 1 is 1.12 bits per heavy atom. The second-order valence-electron chi connectivity index (χ2n) is 7.57. The molecule has 0 radical (unpaired) electrons. The van der Waals surface area contributed by atoms with Crippen molar-refractivity contribution in [3.63, 3.8) is 0 Å². The Bertz CT molecular complexity index is 1380. The number of azide groups is 1. The second kappa shape index (κ2) is 9.42. The smallest absolute Gasteiger partial charge is 0.449 e. The molecule has 0 aliphatic heterocycles. The number of hydrogen-bond donors (Lipinski definition) is 1. The van der Waals surface area contributed by atoms with Crippen molar-refractivity contribution in [1.82, 2.24) is 5.32 Å². The lowest BCUT2D eigenvalue weighted by Crippen LogP contribution is -2.26. The lowest BCUT2D eigenvalue weighted by atomic mass is 9.98. The van der Waals surface area contributed by atoms with Crippen LogP contribution in [0, 0.1) is 6.92 Å². The molecule has 0 saturated carbocycles. The number of benzene rings is 3. The van der Waals surface area contributed by atoms with Gasteiger partial charge in [0.2, 0.25) is 0 Å². The lowest BCUT2D eigenvalue weighted by Gasteiger charge is -2.15. The van der Waals surface area contributed by atoms with Gasteiger partial charge in [-0.2, -0.15) is 8.42 Å². The van der Waals surface area contributed by atoms with Crippen molar-refractivity contribution in [3.8, 4) is 16.9 Å². The normalized spacial score (nSPS) is 12.3. The summed E-state index contributed by atoms with van der Waals surface area (Å²) in [4.78, 5) is 15.1. The molecule has 3 aromatic rings. The van der Waals surface area contributed by atoms with Gasteiger partial charge in [0, 0.05) is 23.1 Å². The van der Waals surface area contributed by atoms with E-state index in [9.17, 15) is 17.1 Å². The highest BCUT2D eigenvalue weighted by atomic mass is 32.3. The van der Waals surface area contributed by atoms with E-state index >= 15 is 0 Å². The van der Waals surface area contributed by atoms with Crippen LogP contribution in [0.15, 0.2) is 65.8 Å². The van der Waals surface area contributed by atoms with Crippen LogP contribution in [0.1, 0.15) is 28.2 Å². The molecule has 0 bridgehead atoms. The summed E-state index contributed by atoms with van der Waals surface area (Å²) in [5, 5.41) is 5.97. The fourth-order valence-corrected chi connectivity index (χ4v) is 4.42. The standard InChI is InChI=1S/C23H19FN4O5S/c1-14-15(10-16(27-28-25)11-22(14)33-34(24,30)31)12-26-23(29)32-13-21-19-8-4-2-6-17(19)18-7-3-5-9-20(18)21/h2-11,21H,12-13H2,1H3,(H,26,29). The van der Waals surface area contributed by atoms with Gasteiger partial charge in [0.25, 0.3) is 0 Å². The van der Waals surface area contributed by atoms with Crippen molar-refractivity contribution in [3.05, 3.63) is 93.4 Å². The molecular formula is C23H19FN4O5S. The van der Waals surface area contributed by atoms with Crippen LogP contribution in [-0.2, 0) is 21.8 Å². The van der Waals surface area contributed by atoms with Crippen LogP contribution >= 0.6 is 0 Å². The maximum Gasteiger partial charge on any atom is 0.488 e. The molecule has 1 amide bonds. The Morgan fingerprint density at radius 3 is 2.32 bits per heavy atom. The molecule has 1 N–H and O–H groups in total. The number of alkyl carbamates (subject to hydrolysis) is 1. The summed E-state index contributed by atoms with van der Waals surface area (Å²) >= 11 is 0. The Morgan fingerprint density at radius 2 is 1.74 bits per heavy atom. The van der Waals surface area contributed by atoms with Crippen LogP contribution in [0.2, 0.25) is 0 Å². The zero-order valence-electron chi connectivity index (χ0n) is 17.9. The zero-order chi connectivity index (χ0) is 24.3. The molecule has 11 heteroatoms. The summed E-state index contributed by atoms with van der Waals surface area (Å²) in [5.41, 5.74) is 13.6. The molecule has 0 saturated heterocycles. The number of fused-ring (bicyclic) bond motifs is 3. The first-order valence-electron chi connectivity index (χ1n) is 10.2. The summed E-state index contributed by atoms with van der Waals surface area (Å²) in [7, 11) is -5.29. The average molecular weight is 482 g/mol. The molecule has 34 heavy (non-hydrogen) atoms. The molecule has 0 aromatic heterocycles. The van der Waals surface area contributed by atoms with Crippen molar-refractivity contribution in [2.45, 2.75) is 19.4 Å². The van der Waals surface area contributed by atoms with E-state index in [1.54, 1.807) is 0 Å². The number of hydrogen-bond acceptors (Lipinski definition) is 6. The first kappa shape index (κ1) is 23.1. The van der Waals surface area contributed by atoms with Crippen molar-refractivity contribution in [1.29, 1.82) is 0 Å². The molecule has 9 nitrogen and oxygen atoms in total. The van der Waals surface area contributed by atoms with Gasteiger partial charge in [0.15, 0.2) is 0 Å². The summed E-state index contributed by atoms with van der Waals surface area (Å²) in [6.45, 7) is 1.50. The van der Waals surface area contributed by atoms with E-state index in [1.165, 1.54) is 13.0 Å². The molecule has 0 atom stereocenters. The second-order valence-corrected chi connectivity index (χ2v) is 8.53. The van der Waals surface area contributed by atoms with Crippen molar-refractivity contribution >= 4 is 22.3 Å². The van der Waals surface area contributed by atoms with Crippen LogP contribution in [0.4, 0.5) is 14.4 Å². The summed E-state index contributed by atoms with van der Waals surface area (Å²) in [6, 6.07) is 18.4. The van der Waals surface area contributed by atoms with Gasteiger partial charge in [-0.25, -0.2) is 4.79 Å². The third-order valence-electron chi connectivity index (χ3n) is 5.57. The Kier molecular flexibility index (Phi) is 6.40. The molecule has 1 aliphatic carbocycles.